The van der Waals surface area contributed by atoms with Crippen molar-refractivity contribution >= 4 is 0 Å². The molecule has 0 spiro atoms. The SMILES string of the molecule is NCC1(CN[C@H]2C[C@@H]2c2ccccc2)CC1. The lowest BCUT2D eigenvalue weighted by Gasteiger charge is -2.13. The fourth-order valence-corrected chi connectivity index (χ4v) is 2.47. The normalized spacial score (nSPS) is 30.1. The predicted octanol–water partition coefficient (Wildman–Crippen LogP) is 1.87. The Morgan fingerprint density at radius 3 is 2.62 bits per heavy atom. The van der Waals surface area contributed by atoms with Gasteiger partial charge in [-0.25, -0.2) is 0 Å². The largest absolute Gasteiger partial charge is 0.330 e. The van der Waals surface area contributed by atoms with Crippen LogP contribution < -0.4 is 11.1 Å². The molecule has 0 heterocycles. The van der Waals surface area contributed by atoms with Crippen LogP contribution in [0.2, 0.25) is 0 Å². The second kappa shape index (κ2) is 3.86. The summed E-state index contributed by atoms with van der Waals surface area (Å²) in [5.74, 6) is 0.745. The first-order valence-corrected chi connectivity index (χ1v) is 6.31. The van der Waals surface area contributed by atoms with E-state index in [9.17, 15) is 0 Å². The summed E-state index contributed by atoms with van der Waals surface area (Å²) in [6.07, 6.45) is 3.93. The number of nitrogens with two attached hydrogens (primary N) is 1. The minimum atomic E-state index is 0.462. The number of hydrogen-bond donors (Lipinski definition) is 2. The lowest BCUT2D eigenvalue weighted by molar-refractivity contribution is 0.464. The van der Waals surface area contributed by atoms with E-state index in [0.29, 0.717) is 11.5 Å². The molecular formula is C14H20N2. The Hall–Kier alpha value is -0.860. The monoisotopic (exact) mass is 216 g/mol. The molecule has 2 saturated carbocycles. The predicted molar refractivity (Wildman–Crippen MR) is 66.3 cm³/mol. The summed E-state index contributed by atoms with van der Waals surface area (Å²) < 4.78 is 0. The van der Waals surface area contributed by atoms with Crippen LogP contribution in [0.25, 0.3) is 0 Å². The van der Waals surface area contributed by atoms with Crippen molar-refractivity contribution < 1.29 is 0 Å². The minimum absolute atomic E-state index is 0.462. The topological polar surface area (TPSA) is 38.0 Å². The Balaban J connectivity index is 1.50. The molecule has 0 radical (unpaired) electrons. The Morgan fingerprint density at radius 2 is 2.00 bits per heavy atom. The van der Waals surface area contributed by atoms with Crippen molar-refractivity contribution in [2.45, 2.75) is 31.2 Å². The number of benzene rings is 1. The van der Waals surface area contributed by atoms with Gasteiger partial charge in [-0.05, 0) is 36.8 Å². The lowest BCUT2D eigenvalue weighted by atomic mass is 10.1. The van der Waals surface area contributed by atoms with E-state index in [1.807, 2.05) is 0 Å². The maximum atomic E-state index is 5.78. The minimum Gasteiger partial charge on any atom is -0.330 e. The first-order valence-electron chi connectivity index (χ1n) is 6.31. The second-order valence-corrected chi connectivity index (χ2v) is 5.44. The van der Waals surface area contributed by atoms with Gasteiger partial charge in [-0.2, -0.15) is 0 Å². The van der Waals surface area contributed by atoms with E-state index >= 15 is 0 Å². The molecular weight excluding hydrogens is 196 g/mol. The first kappa shape index (κ1) is 10.3. The van der Waals surface area contributed by atoms with E-state index in [4.69, 9.17) is 5.73 Å². The highest BCUT2D eigenvalue weighted by Crippen LogP contribution is 2.46. The molecule has 0 unspecified atom stereocenters. The van der Waals surface area contributed by atoms with E-state index < -0.39 is 0 Å². The summed E-state index contributed by atoms with van der Waals surface area (Å²) in [4.78, 5) is 0. The van der Waals surface area contributed by atoms with E-state index in [0.717, 1.165) is 19.0 Å². The zero-order valence-corrected chi connectivity index (χ0v) is 9.65. The van der Waals surface area contributed by atoms with Crippen LogP contribution in [0.3, 0.4) is 0 Å². The molecule has 2 atom stereocenters. The van der Waals surface area contributed by atoms with Crippen molar-refractivity contribution in [1.82, 2.24) is 5.32 Å². The van der Waals surface area contributed by atoms with Crippen LogP contribution in [0.4, 0.5) is 0 Å². The highest BCUT2D eigenvalue weighted by atomic mass is 15.0. The Bertz CT molecular complexity index is 356. The molecule has 2 aliphatic rings. The smallest absolute Gasteiger partial charge is 0.0143 e. The molecule has 86 valence electrons. The third kappa shape index (κ3) is 2.00. The van der Waals surface area contributed by atoms with Crippen molar-refractivity contribution in [3.63, 3.8) is 0 Å². The molecule has 0 saturated heterocycles. The zero-order chi connectivity index (χ0) is 11.0. The van der Waals surface area contributed by atoms with Gasteiger partial charge in [0.1, 0.15) is 0 Å². The van der Waals surface area contributed by atoms with Crippen molar-refractivity contribution in [2.24, 2.45) is 11.1 Å². The van der Waals surface area contributed by atoms with E-state index in [1.54, 1.807) is 0 Å². The van der Waals surface area contributed by atoms with E-state index in [1.165, 1.54) is 24.8 Å². The van der Waals surface area contributed by atoms with Gasteiger partial charge in [-0.3, -0.25) is 0 Å². The van der Waals surface area contributed by atoms with E-state index in [2.05, 4.69) is 35.6 Å². The van der Waals surface area contributed by atoms with Crippen molar-refractivity contribution in [3.8, 4) is 0 Å². The third-order valence-corrected chi connectivity index (χ3v) is 4.15. The van der Waals surface area contributed by atoms with Crippen LogP contribution in [-0.4, -0.2) is 19.1 Å². The quantitative estimate of drug-likeness (QED) is 0.788. The molecule has 0 aromatic heterocycles. The average Bonchev–Trinajstić information content (AvgIpc) is 3.23. The maximum Gasteiger partial charge on any atom is 0.0143 e. The van der Waals surface area contributed by atoms with Gasteiger partial charge in [-0.15, -0.1) is 0 Å². The summed E-state index contributed by atoms with van der Waals surface area (Å²) in [6, 6.07) is 11.5. The molecule has 0 amide bonds. The van der Waals surface area contributed by atoms with Crippen molar-refractivity contribution in [1.29, 1.82) is 0 Å². The lowest BCUT2D eigenvalue weighted by Crippen LogP contribution is -2.31. The van der Waals surface area contributed by atoms with Gasteiger partial charge in [0.2, 0.25) is 0 Å². The second-order valence-electron chi connectivity index (χ2n) is 5.44. The molecule has 1 aromatic rings. The summed E-state index contributed by atoms with van der Waals surface area (Å²) in [6.45, 7) is 1.97. The average molecular weight is 216 g/mol. The fraction of sp³-hybridized carbons (Fsp3) is 0.571. The molecule has 3 rings (SSSR count). The molecule has 2 nitrogen and oxygen atoms in total. The van der Waals surface area contributed by atoms with Gasteiger partial charge in [0.25, 0.3) is 0 Å². The molecule has 1 aromatic carbocycles. The third-order valence-electron chi connectivity index (χ3n) is 4.15. The zero-order valence-electron chi connectivity index (χ0n) is 9.65. The number of nitrogens with one attached hydrogen (secondary N) is 1. The number of hydrogen-bond acceptors (Lipinski definition) is 2. The Morgan fingerprint density at radius 1 is 1.25 bits per heavy atom. The number of rotatable bonds is 5. The molecule has 0 bridgehead atoms. The van der Waals surface area contributed by atoms with Gasteiger partial charge in [-0.1, -0.05) is 30.3 Å². The first-order chi connectivity index (χ1) is 7.83. The highest BCUT2D eigenvalue weighted by Gasteiger charge is 2.44. The van der Waals surface area contributed by atoms with Crippen molar-refractivity contribution in [2.75, 3.05) is 13.1 Å². The standard InChI is InChI=1S/C14H20N2/c15-9-14(6-7-14)10-16-13-8-12(13)11-4-2-1-3-5-11/h1-5,12-13,16H,6-10,15H2/t12-,13+/m1/s1. The van der Waals surface area contributed by atoms with Crippen LogP contribution in [0.1, 0.15) is 30.7 Å². The van der Waals surface area contributed by atoms with E-state index in [-0.39, 0.29) is 0 Å². The Kier molecular flexibility index (Phi) is 2.49. The van der Waals surface area contributed by atoms with Crippen LogP contribution in [0.5, 0.6) is 0 Å². The molecule has 2 aliphatic carbocycles. The van der Waals surface area contributed by atoms with Crippen LogP contribution >= 0.6 is 0 Å². The summed E-state index contributed by atoms with van der Waals surface area (Å²) in [7, 11) is 0. The van der Waals surface area contributed by atoms with Crippen LogP contribution in [0, 0.1) is 5.41 Å². The van der Waals surface area contributed by atoms with Gasteiger partial charge >= 0.3 is 0 Å². The molecule has 16 heavy (non-hydrogen) atoms. The van der Waals surface area contributed by atoms with Gasteiger partial charge in [0, 0.05) is 18.5 Å². The molecule has 0 aliphatic heterocycles. The van der Waals surface area contributed by atoms with Gasteiger partial charge in [0.05, 0.1) is 0 Å². The van der Waals surface area contributed by atoms with Crippen LogP contribution in [-0.2, 0) is 0 Å². The Labute approximate surface area is 97.2 Å². The molecule has 2 fully saturated rings. The highest BCUT2D eigenvalue weighted by molar-refractivity contribution is 5.27. The summed E-state index contributed by atoms with van der Waals surface area (Å²) in [5.41, 5.74) is 7.73. The maximum absolute atomic E-state index is 5.78. The van der Waals surface area contributed by atoms with Crippen LogP contribution in [0.15, 0.2) is 30.3 Å². The summed E-state index contributed by atoms with van der Waals surface area (Å²) >= 11 is 0. The fourth-order valence-electron chi connectivity index (χ4n) is 2.47. The van der Waals surface area contributed by atoms with Gasteiger partial charge < -0.3 is 11.1 Å². The summed E-state index contributed by atoms with van der Waals surface area (Å²) in [5, 5.41) is 3.68. The molecule has 3 N–H and O–H groups in total. The molecule has 2 heteroatoms. The van der Waals surface area contributed by atoms with Crippen molar-refractivity contribution in [3.05, 3.63) is 35.9 Å². The van der Waals surface area contributed by atoms with Gasteiger partial charge in [0.15, 0.2) is 0 Å².